The second-order valence-electron chi connectivity index (χ2n) is 7.38. The van der Waals surface area contributed by atoms with Crippen LogP contribution in [0.5, 0.6) is 23.1 Å². The van der Waals surface area contributed by atoms with E-state index in [0.717, 1.165) is 35.3 Å². The molecule has 0 saturated carbocycles. The van der Waals surface area contributed by atoms with Crippen molar-refractivity contribution < 1.29 is 23.2 Å². The predicted molar refractivity (Wildman–Crippen MR) is 120 cm³/mol. The Hall–Kier alpha value is -3.65. The van der Waals surface area contributed by atoms with Crippen molar-refractivity contribution in [3.05, 3.63) is 83.6 Å². The summed E-state index contributed by atoms with van der Waals surface area (Å²) in [6, 6.07) is 16.8. The smallest absolute Gasteiger partial charge is 0.257 e. The van der Waals surface area contributed by atoms with E-state index in [1.807, 2.05) is 42.5 Å². The van der Waals surface area contributed by atoms with E-state index in [-0.39, 0.29) is 12.0 Å². The Kier molecular flexibility index (Phi) is 5.36. The zero-order valence-electron chi connectivity index (χ0n) is 17.2. The number of benzene rings is 2. The van der Waals surface area contributed by atoms with Crippen LogP contribution in [-0.2, 0) is 22.2 Å². The summed E-state index contributed by atoms with van der Waals surface area (Å²) in [5, 5.41) is 0. The lowest BCUT2D eigenvalue weighted by atomic mass is 10.1. The number of pyridine rings is 1. The van der Waals surface area contributed by atoms with Crippen LogP contribution >= 0.6 is 0 Å². The molecule has 1 unspecified atom stereocenters. The molecule has 2 atom stereocenters. The second kappa shape index (κ2) is 8.47. The molecule has 3 aromatic rings. The molecular weight excluding hydrogens is 428 g/mol. The molecule has 32 heavy (non-hydrogen) atoms. The normalized spacial score (nSPS) is 19.2. The van der Waals surface area contributed by atoms with E-state index in [9.17, 15) is 9.00 Å². The third-order valence-corrected chi connectivity index (χ3v) is 6.53. The van der Waals surface area contributed by atoms with Gasteiger partial charge >= 0.3 is 0 Å². The van der Waals surface area contributed by atoms with E-state index in [0.29, 0.717) is 22.3 Å². The fraction of sp³-hybridized carbons (Fsp3) is 0.167. The minimum Gasteiger partial charge on any atom is -0.486 e. The molecule has 1 aliphatic heterocycles. The molecule has 7 nitrogen and oxygen atoms in total. The number of nitrogens with one attached hydrogen (secondary N) is 1. The van der Waals surface area contributed by atoms with E-state index in [2.05, 4.69) is 15.8 Å². The Morgan fingerprint density at radius 3 is 2.56 bits per heavy atom. The molecule has 1 N–H and O–H groups in total. The summed E-state index contributed by atoms with van der Waals surface area (Å²) < 4.78 is 31.7. The number of carbonyl (C=O) groups is 1. The van der Waals surface area contributed by atoms with Crippen LogP contribution in [0.15, 0.2) is 66.9 Å². The number of rotatable bonds is 6. The molecule has 0 saturated heterocycles. The van der Waals surface area contributed by atoms with Crippen LogP contribution in [0.25, 0.3) is 4.91 Å². The molecule has 162 valence electrons. The number of ether oxygens (including phenoxy) is 3. The summed E-state index contributed by atoms with van der Waals surface area (Å²) in [5.74, 6) is 2.34. The van der Waals surface area contributed by atoms with Crippen molar-refractivity contribution in [2.24, 2.45) is 0 Å². The monoisotopic (exact) mass is 448 g/mol. The van der Waals surface area contributed by atoms with Gasteiger partial charge in [0, 0.05) is 17.7 Å². The maximum atomic E-state index is 11.9. The number of carbonyl (C=O) groups excluding carboxylic acids is 1. The van der Waals surface area contributed by atoms with E-state index in [1.54, 1.807) is 19.4 Å². The Balaban J connectivity index is 1.31. The minimum absolute atomic E-state index is 0.0866. The van der Waals surface area contributed by atoms with Crippen LogP contribution < -0.4 is 18.9 Å². The van der Waals surface area contributed by atoms with Gasteiger partial charge in [-0.1, -0.05) is 24.3 Å². The molecule has 2 aliphatic rings. The van der Waals surface area contributed by atoms with Crippen molar-refractivity contribution in [1.82, 2.24) is 9.71 Å². The van der Waals surface area contributed by atoms with Gasteiger partial charge in [0.25, 0.3) is 5.91 Å². The molecular formula is C24H20N2O5S. The SMILES string of the molecule is COc1ccc(Oc2cccc3c2CC[C@H]3Oc2ccc(C3=CC(=O)NS3=O)cc2)cn1. The number of hydrogen-bond acceptors (Lipinski definition) is 6. The van der Waals surface area contributed by atoms with Crippen LogP contribution in [0, 0.1) is 0 Å². The van der Waals surface area contributed by atoms with Gasteiger partial charge < -0.3 is 14.2 Å². The Morgan fingerprint density at radius 2 is 1.88 bits per heavy atom. The van der Waals surface area contributed by atoms with Crippen molar-refractivity contribution in [3.63, 3.8) is 0 Å². The van der Waals surface area contributed by atoms with Gasteiger partial charge in [-0.15, -0.1) is 0 Å². The molecule has 0 spiro atoms. The number of fused-ring (bicyclic) bond motifs is 1. The van der Waals surface area contributed by atoms with E-state index < -0.39 is 11.0 Å². The number of amides is 1. The molecule has 2 heterocycles. The first-order valence-electron chi connectivity index (χ1n) is 10.1. The highest BCUT2D eigenvalue weighted by atomic mass is 32.2. The van der Waals surface area contributed by atoms with Crippen LogP contribution in [0.2, 0.25) is 0 Å². The lowest BCUT2D eigenvalue weighted by Gasteiger charge is -2.16. The summed E-state index contributed by atoms with van der Waals surface area (Å²) >= 11 is 0. The van der Waals surface area contributed by atoms with Crippen molar-refractivity contribution in [3.8, 4) is 23.1 Å². The lowest BCUT2D eigenvalue weighted by Crippen LogP contribution is -2.16. The number of methoxy groups -OCH3 is 1. The average molecular weight is 449 g/mol. The molecule has 8 heteroatoms. The first-order chi connectivity index (χ1) is 15.6. The molecule has 1 aliphatic carbocycles. The van der Waals surface area contributed by atoms with Gasteiger partial charge in [-0.2, -0.15) is 0 Å². The van der Waals surface area contributed by atoms with Crippen LogP contribution in [0.3, 0.4) is 0 Å². The predicted octanol–water partition coefficient (Wildman–Crippen LogP) is 4.08. The standard InChI is InChI=1S/C24H20N2O5S/c1-29-24-12-9-17(14-25-24)31-20-4-2-3-18-19(20)10-11-21(18)30-16-7-5-15(6-8-16)22-13-23(27)26-32(22)28/h2-9,12-14,21H,10-11H2,1H3,(H,26,27)/t21-,32?/m1/s1. The van der Waals surface area contributed by atoms with E-state index in [1.165, 1.54) is 6.08 Å². The summed E-state index contributed by atoms with van der Waals surface area (Å²) in [4.78, 5) is 16.1. The number of aromatic nitrogens is 1. The zero-order valence-corrected chi connectivity index (χ0v) is 18.1. The van der Waals surface area contributed by atoms with Crippen molar-refractivity contribution in [1.29, 1.82) is 0 Å². The van der Waals surface area contributed by atoms with Gasteiger partial charge in [0.05, 0.1) is 18.2 Å². The van der Waals surface area contributed by atoms with Gasteiger partial charge in [0.15, 0.2) is 11.0 Å². The van der Waals surface area contributed by atoms with Gasteiger partial charge in [-0.25, -0.2) is 9.19 Å². The van der Waals surface area contributed by atoms with Crippen LogP contribution in [0.4, 0.5) is 0 Å². The van der Waals surface area contributed by atoms with Crippen LogP contribution in [0.1, 0.15) is 29.2 Å². The Labute approximate surface area is 187 Å². The third kappa shape index (κ3) is 3.97. The van der Waals surface area contributed by atoms with E-state index >= 15 is 0 Å². The summed E-state index contributed by atoms with van der Waals surface area (Å²) in [6.45, 7) is 0. The van der Waals surface area contributed by atoms with Crippen molar-refractivity contribution in [2.75, 3.05) is 7.11 Å². The summed E-state index contributed by atoms with van der Waals surface area (Å²) in [7, 11) is 0.0668. The molecule has 1 aromatic heterocycles. The molecule has 2 aromatic carbocycles. The topological polar surface area (TPSA) is 86.8 Å². The zero-order chi connectivity index (χ0) is 22.1. The maximum Gasteiger partial charge on any atom is 0.257 e. The highest BCUT2D eigenvalue weighted by Gasteiger charge is 2.27. The fourth-order valence-electron chi connectivity index (χ4n) is 3.88. The molecule has 0 radical (unpaired) electrons. The highest BCUT2D eigenvalue weighted by Crippen LogP contribution is 2.41. The average Bonchev–Trinajstić information content (AvgIpc) is 3.38. The van der Waals surface area contributed by atoms with Crippen molar-refractivity contribution >= 4 is 21.8 Å². The second-order valence-corrected chi connectivity index (χ2v) is 8.56. The highest BCUT2D eigenvalue weighted by molar-refractivity contribution is 7.93. The van der Waals surface area contributed by atoms with E-state index in [4.69, 9.17) is 14.2 Å². The molecule has 0 fully saturated rings. The van der Waals surface area contributed by atoms with Gasteiger partial charge in [0.2, 0.25) is 5.88 Å². The quantitative estimate of drug-likeness (QED) is 0.611. The summed E-state index contributed by atoms with van der Waals surface area (Å²) in [6.07, 6.45) is 4.60. The Morgan fingerprint density at radius 1 is 1.06 bits per heavy atom. The van der Waals surface area contributed by atoms with Gasteiger partial charge in [0.1, 0.15) is 23.4 Å². The number of nitrogens with zero attached hydrogens (tertiary/aromatic N) is 1. The minimum atomic E-state index is -1.51. The largest absolute Gasteiger partial charge is 0.486 e. The number of hydrogen-bond donors (Lipinski definition) is 1. The summed E-state index contributed by atoms with van der Waals surface area (Å²) in [5.41, 5.74) is 2.95. The molecule has 1 amide bonds. The molecule has 5 rings (SSSR count). The molecule has 0 bridgehead atoms. The van der Waals surface area contributed by atoms with Gasteiger partial charge in [-0.05, 0) is 48.2 Å². The Bertz CT molecular complexity index is 1220. The fourth-order valence-corrected chi connectivity index (χ4v) is 4.79. The maximum absolute atomic E-state index is 11.9. The lowest BCUT2D eigenvalue weighted by molar-refractivity contribution is -0.114. The first kappa shape index (κ1) is 20.3. The third-order valence-electron chi connectivity index (χ3n) is 5.39. The van der Waals surface area contributed by atoms with Gasteiger partial charge in [-0.3, -0.25) is 9.52 Å². The van der Waals surface area contributed by atoms with Crippen molar-refractivity contribution in [2.45, 2.75) is 18.9 Å². The first-order valence-corrected chi connectivity index (χ1v) is 11.3. The van der Waals surface area contributed by atoms with Crippen LogP contribution in [-0.4, -0.2) is 22.2 Å².